The first-order chi connectivity index (χ1) is 5.56. The van der Waals surface area contributed by atoms with Crippen LogP contribution in [0.5, 0.6) is 0 Å². The van der Waals surface area contributed by atoms with Crippen LogP contribution >= 0.6 is 0 Å². The molecule has 0 aliphatic heterocycles. The van der Waals surface area contributed by atoms with Crippen molar-refractivity contribution in [1.29, 1.82) is 0 Å². The van der Waals surface area contributed by atoms with Crippen molar-refractivity contribution < 1.29 is 24.1 Å². The first-order valence-electron chi connectivity index (χ1n) is 3.33. The van der Waals surface area contributed by atoms with Crippen LogP contribution in [-0.4, -0.2) is 25.4 Å². The maximum Gasteiger partial charge on any atom is 0.550 e. The van der Waals surface area contributed by atoms with Gasteiger partial charge in [0.2, 0.25) is 0 Å². The van der Waals surface area contributed by atoms with Crippen LogP contribution in [0.15, 0.2) is 0 Å². The van der Waals surface area contributed by atoms with Crippen LogP contribution in [-0.2, 0) is 14.5 Å². The Labute approximate surface area is 69.7 Å². The van der Waals surface area contributed by atoms with Gasteiger partial charge in [0.25, 0.3) is 0 Å². The zero-order valence-corrected chi connectivity index (χ0v) is 7.12. The number of nitrogens with one attached hydrogen (secondary N) is 1. The summed E-state index contributed by atoms with van der Waals surface area (Å²) in [6.45, 7) is 3.28. The van der Waals surface area contributed by atoms with E-state index in [9.17, 15) is 9.59 Å². The summed E-state index contributed by atoms with van der Waals surface area (Å²) in [5, 5.41) is 2.08. The maximum atomic E-state index is 10.5. The molecule has 1 amide bonds. The van der Waals surface area contributed by atoms with Crippen molar-refractivity contribution in [2.75, 3.05) is 7.05 Å². The van der Waals surface area contributed by atoms with Gasteiger partial charge in [-0.3, -0.25) is 0 Å². The lowest BCUT2D eigenvalue weighted by Crippen LogP contribution is -2.22. The van der Waals surface area contributed by atoms with Crippen molar-refractivity contribution in [2.24, 2.45) is 0 Å². The van der Waals surface area contributed by atoms with Crippen LogP contribution in [0.25, 0.3) is 0 Å². The van der Waals surface area contributed by atoms with Gasteiger partial charge in [-0.05, 0) is 13.8 Å². The molecule has 0 bridgehead atoms. The van der Waals surface area contributed by atoms with E-state index in [2.05, 4.69) is 19.8 Å². The molecule has 0 saturated heterocycles. The van der Waals surface area contributed by atoms with Gasteiger partial charge in [0.1, 0.15) is 0 Å². The molecule has 0 unspecified atom stereocenters. The maximum absolute atomic E-state index is 10.5. The molecule has 1 N–H and O–H groups in total. The lowest BCUT2D eigenvalue weighted by atomic mass is 10.5. The Kier molecular flexibility index (Phi) is 4.59. The molecule has 6 heteroatoms. The minimum Gasteiger partial charge on any atom is -0.429 e. The summed E-state index contributed by atoms with van der Waals surface area (Å²) in [5.74, 6) is 0. The number of amides is 1. The van der Waals surface area contributed by atoms with Crippen LogP contribution in [0, 0.1) is 0 Å². The molecule has 0 fully saturated rings. The monoisotopic (exact) mass is 177 g/mol. The third-order valence-corrected chi connectivity index (χ3v) is 0.721. The number of carbonyl (C=O) groups is 2. The molecule has 0 aliphatic carbocycles. The predicted molar refractivity (Wildman–Crippen MR) is 38.2 cm³/mol. The van der Waals surface area contributed by atoms with Gasteiger partial charge in [0.15, 0.2) is 0 Å². The highest BCUT2D eigenvalue weighted by Crippen LogP contribution is 1.93. The minimum absolute atomic E-state index is 0.314. The van der Waals surface area contributed by atoms with Crippen LogP contribution in [0.1, 0.15) is 13.8 Å². The molecule has 0 aliphatic rings. The molecule has 0 saturated carbocycles. The molecule has 0 spiro atoms. The molecule has 0 radical (unpaired) electrons. The molecule has 0 aromatic heterocycles. The Morgan fingerprint density at radius 3 is 2.25 bits per heavy atom. The second kappa shape index (κ2) is 5.22. The van der Waals surface area contributed by atoms with Gasteiger partial charge in [-0.25, -0.2) is 14.6 Å². The van der Waals surface area contributed by atoms with Crippen LogP contribution < -0.4 is 5.32 Å². The molecule has 0 atom stereocenters. The van der Waals surface area contributed by atoms with Crippen molar-refractivity contribution in [3.8, 4) is 0 Å². The largest absolute Gasteiger partial charge is 0.550 e. The second-order valence-electron chi connectivity index (χ2n) is 2.12. The molecule has 0 aromatic carbocycles. The fourth-order valence-electron chi connectivity index (χ4n) is 0.326. The van der Waals surface area contributed by atoms with Crippen molar-refractivity contribution >= 4 is 12.2 Å². The fourth-order valence-corrected chi connectivity index (χ4v) is 0.326. The van der Waals surface area contributed by atoms with E-state index in [1.165, 1.54) is 7.05 Å². The van der Waals surface area contributed by atoms with Gasteiger partial charge >= 0.3 is 12.2 Å². The van der Waals surface area contributed by atoms with Crippen molar-refractivity contribution in [3.05, 3.63) is 0 Å². The molecule has 0 rings (SSSR count). The lowest BCUT2D eigenvalue weighted by Gasteiger charge is -2.05. The average molecular weight is 177 g/mol. The first-order valence-corrected chi connectivity index (χ1v) is 3.33. The highest BCUT2D eigenvalue weighted by Gasteiger charge is 2.10. The van der Waals surface area contributed by atoms with Crippen molar-refractivity contribution in [1.82, 2.24) is 5.32 Å². The highest BCUT2D eigenvalue weighted by molar-refractivity contribution is 5.67. The van der Waals surface area contributed by atoms with E-state index >= 15 is 0 Å². The van der Waals surface area contributed by atoms with Gasteiger partial charge < -0.3 is 10.1 Å². The average Bonchev–Trinajstić information content (AvgIpc) is 1.99. The summed E-state index contributed by atoms with van der Waals surface area (Å²) >= 11 is 0. The summed E-state index contributed by atoms with van der Waals surface area (Å²) < 4.78 is 4.48. The third-order valence-electron chi connectivity index (χ3n) is 0.721. The third kappa shape index (κ3) is 5.33. The van der Waals surface area contributed by atoms with Gasteiger partial charge in [0, 0.05) is 7.05 Å². The zero-order chi connectivity index (χ0) is 9.56. The fraction of sp³-hybridized carbons (Fsp3) is 0.667. The number of hydrogen-bond acceptors (Lipinski definition) is 5. The minimum atomic E-state index is -1.05. The highest BCUT2D eigenvalue weighted by atomic mass is 17.2. The Balaban J connectivity index is 3.51. The zero-order valence-electron chi connectivity index (χ0n) is 7.12. The van der Waals surface area contributed by atoms with Crippen molar-refractivity contribution in [2.45, 2.75) is 20.0 Å². The number of hydrogen-bond donors (Lipinski definition) is 1. The smallest absolute Gasteiger partial charge is 0.429 e. The summed E-state index contributed by atoms with van der Waals surface area (Å²) in [5.41, 5.74) is 0. The summed E-state index contributed by atoms with van der Waals surface area (Å²) in [4.78, 5) is 28.7. The number of carbonyl (C=O) groups excluding carboxylic acids is 2. The normalized spacial score (nSPS) is 9.00. The number of ether oxygens (including phenoxy) is 1. The van der Waals surface area contributed by atoms with E-state index in [4.69, 9.17) is 0 Å². The molecule has 0 aromatic rings. The lowest BCUT2D eigenvalue weighted by molar-refractivity contribution is -0.202. The van der Waals surface area contributed by atoms with E-state index in [1.807, 2.05) is 0 Å². The Bertz CT molecular complexity index is 167. The first kappa shape index (κ1) is 10.5. The Hall–Kier alpha value is -1.46. The van der Waals surface area contributed by atoms with Gasteiger partial charge in [-0.15, -0.1) is 0 Å². The van der Waals surface area contributed by atoms with E-state index in [0.29, 0.717) is 0 Å². The molecule has 0 heterocycles. The predicted octanol–water partition coefficient (Wildman–Crippen LogP) is 0.819. The summed E-state index contributed by atoms with van der Waals surface area (Å²) in [6.07, 6.45) is -2.23. The van der Waals surface area contributed by atoms with Crippen LogP contribution in [0.3, 0.4) is 0 Å². The van der Waals surface area contributed by atoms with Crippen LogP contribution in [0.2, 0.25) is 0 Å². The van der Waals surface area contributed by atoms with E-state index in [0.717, 1.165) is 0 Å². The molecular formula is C6H11NO5. The summed E-state index contributed by atoms with van der Waals surface area (Å²) in [6, 6.07) is 0. The Morgan fingerprint density at radius 1 is 1.25 bits per heavy atom. The molecule has 70 valence electrons. The van der Waals surface area contributed by atoms with Crippen LogP contribution in [0.4, 0.5) is 9.59 Å². The quantitative estimate of drug-likeness (QED) is 0.364. The van der Waals surface area contributed by atoms with Gasteiger partial charge in [0.05, 0.1) is 6.10 Å². The molecule has 12 heavy (non-hydrogen) atoms. The molecular weight excluding hydrogens is 166 g/mol. The second-order valence-corrected chi connectivity index (χ2v) is 2.12. The SMILES string of the molecule is CNC(=O)OOC(=O)OC(C)C. The molecule has 6 nitrogen and oxygen atoms in total. The van der Waals surface area contributed by atoms with Gasteiger partial charge in [-0.1, -0.05) is 0 Å². The Morgan fingerprint density at radius 2 is 1.83 bits per heavy atom. The van der Waals surface area contributed by atoms with Gasteiger partial charge in [-0.2, -0.15) is 4.79 Å². The van der Waals surface area contributed by atoms with E-state index in [1.54, 1.807) is 13.8 Å². The topological polar surface area (TPSA) is 73.9 Å². The standard InChI is InChI=1S/C6H11NO5/c1-4(2)10-6(9)12-11-5(8)7-3/h4H,1-3H3,(H,7,8). The number of rotatable bonds is 1. The van der Waals surface area contributed by atoms with E-state index < -0.39 is 12.2 Å². The van der Waals surface area contributed by atoms with Crippen molar-refractivity contribution in [3.63, 3.8) is 0 Å². The summed E-state index contributed by atoms with van der Waals surface area (Å²) in [7, 11) is 1.33. The van der Waals surface area contributed by atoms with E-state index in [-0.39, 0.29) is 6.10 Å².